The topological polar surface area (TPSA) is 66.5 Å². The Labute approximate surface area is 99.7 Å². The number of nitriles is 1. The lowest BCUT2D eigenvalue weighted by molar-refractivity contribution is 0.742. The van der Waals surface area contributed by atoms with Crippen molar-refractivity contribution < 1.29 is 0 Å². The minimum absolute atomic E-state index is 0.424. The second kappa shape index (κ2) is 5.12. The maximum absolute atomic E-state index is 8.72. The smallest absolute Gasteiger partial charge is 0.142 e. The molecule has 2 aromatic rings. The Hall–Kier alpha value is -2.35. The highest BCUT2D eigenvalue weighted by atomic mass is 15.2. The molecule has 0 aliphatic rings. The molecule has 0 saturated heterocycles. The van der Waals surface area contributed by atoms with Crippen LogP contribution in [0.5, 0.6) is 0 Å². The first kappa shape index (κ1) is 11.1. The van der Waals surface area contributed by atoms with Crippen LogP contribution >= 0.6 is 0 Å². The second-order valence-corrected chi connectivity index (χ2v) is 3.68. The lowest BCUT2D eigenvalue weighted by atomic mass is 10.3. The molecule has 17 heavy (non-hydrogen) atoms. The third kappa shape index (κ3) is 3.05. The summed E-state index contributed by atoms with van der Waals surface area (Å²) in [7, 11) is 1.90. The highest BCUT2D eigenvalue weighted by Gasteiger charge is 1.98. The van der Waals surface area contributed by atoms with Gasteiger partial charge >= 0.3 is 0 Å². The zero-order valence-electron chi connectivity index (χ0n) is 9.59. The molecule has 0 bridgehead atoms. The van der Waals surface area contributed by atoms with E-state index in [4.69, 9.17) is 5.26 Å². The Morgan fingerprint density at radius 2 is 2.29 bits per heavy atom. The van der Waals surface area contributed by atoms with Crippen LogP contribution in [-0.4, -0.2) is 21.3 Å². The fraction of sp³-hybridized carbons (Fsp3) is 0.250. The molecule has 0 saturated carbocycles. The number of aromatic nitrogens is 3. The number of aryl methyl sites for hydroxylation is 1. The van der Waals surface area contributed by atoms with Crippen LogP contribution in [-0.2, 0) is 13.5 Å². The molecule has 5 nitrogen and oxygen atoms in total. The van der Waals surface area contributed by atoms with Crippen LogP contribution in [0.25, 0.3) is 0 Å². The second-order valence-electron chi connectivity index (χ2n) is 3.68. The number of anilines is 1. The Balaban J connectivity index is 1.88. The van der Waals surface area contributed by atoms with Gasteiger partial charge in [0.05, 0.1) is 5.69 Å². The molecular weight excluding hydrogens is 214 g/mol. The van der Waals surface area contributed by atoms with E-state index >= 15 is 0 Å². The molecule has 2 aromatic heterocycles. The summed E-state index contributed by atoms with van der Waals surface area (Å²) in [6.45, 7) is 0.749. The summed E-state index contributed by atoms with van der Waals surface area (Å²) in [5, 5.41) is 16.2. The molecule has 0 radical (unpaired) electrons. The highest BCUT2D eigenvalue weighted by Crippen LogP contribution is 2.04. The van der Waals surface area contributed by atoms with Crippen molar-refractivity contribution in [1.82, 2.24) is 14.8 Å². The molecule has 2 heterocycles. The van der Waals surface area contributed by atoms with Crippen molar-refractivity contribution in [2.24, 2.45) is 7.05 Å². The van der Waals surface area contributed by atoms with E-state index in [9.17, 15) is 0 Å². The SMILES string of the molecule is Cn1ccc(CCNc2cccc(C#N)n2)n1. The average molecular weight is 227 g/mol. The molecule has 0 atom stereocenters. The zero-order valence-corrected chi connectivity index (χ0v) is 9.59. The van der Waals surface area contributed by atoms with Crippen LogP contribution in [0.4, 0.5) is 5.82 Å². The lowest BCUT2D eigenvalue weighted by Crippen LogP contribution is -2.07. The highest BCUT2D eigenvalue weighted by molar-refractivity contribution is 5.38. The number of hydrogen-bond acceptors (Lipinski definition) is 4. The normalized spacial score (nSPS) is 9.88. The molecule has 5 heteroatoms. The fourth-order valence-electron chi connectivity index (χ4n) is 1.51. The Kier molecular flexibility index (Phi) is 3.36. The van der Waals surface area contributed by atoms with Gasteiger partial charge in [0.2, 0.25) is 0 Å². The van der Waals surface area contributed by atoms with Gasteiger partial charge in [0.25, 0.3) is 0 Å². The van der Waals surface area contributed by atoms with Gasteiger partial charge in [-0.05, 0) is 18.2 Å². The molecule has 2 rings (SSSR count). The van der Waals surface area contributed by atoms with Crippen LogP contribution < -0.4 is 5.32 Å². The van der Waals surface area contributed by atoms with E-state index in [1.54, 1.807) is 10.7 Å². The van der Waals surface area contributed by atoms with Gasteiger partial charge in [0, 0.05) is 26.2 Å². The fourth-order valence-corrected chi connectivity index (χ4v) is 1.51. The predicted octanol–water partition coefficient (Wildman–Crippen LogP) is 1.34. The van der Waals surface area contributed by atoms with E-state index in [0.717, 1.165) is 24.5 Å². The minimum Gasteiger partial charge on any atom is -0.370 e. The standard InChI is InChI=1S/C12H13N5/c1-17-8-6-10(16-17)5-7-14-12-4-2-3-11(9-13)15-12/h2-4,6,8H,5,7H2,1H3,(H,14,15). The van der Waals surface area contributed by atoms with Gasteiger partial charge in [-0.15, -0.1) is 0 Å². The molecule has 0 aliphatic heterocycles. The summed E-state index contributed by atoms with van der Waals surface area (Å²) < 4.78 is 1.78. The Morgan fingerprint density at radius 1 is 1.41 bits per heavy atom. The molecule has 0 spiro atoms. The average Bonchev–Trinajstić information content (AvgIpc) is 2.75. The van der Waals surface area contributed by atoms with Gasteiger partial charge in [-0.3, -0.25) is 4.68 Å². The summed E-state index contributed by atoms with van der Waals surface area (Å²) in [4.78, 5) is 4.13. The molecule has 86 valence electrons. The van der Waals surface area contributed by atoms with E-state index in [2.05, 4.69) is 15.4 Å². The number of nitrogens with zero attached hydrogens (tertiary/aromatic N) is 4. The largest absolute Gasteiger partial charge is 0.370 e. The lowest BCUT2D eigenvalue weighted by Gasteiger charge is -2.03. The summed E-state index contributed by atoms with van der Waals surface area (Å²) in [6, 6.07) is 9.34. The predicted molar refractivity (Wildman–Crippen MR) is 64.4 cm³/mol. The van der Waals surface area contributed by atoms with Crippen LogP contribution in [0.3, 0.4) is 0 Å². The van der Waals surface area contributed by atoms with Crippen LogP contribution in [0, 0.1) is 11.3 Å². The summed E-state index contributed by atoms with van der Waals surface area (Å²) in [6.07, 6.45) is 2.75. The van der Waals surface area contributed by atoms with Gasteiger partial charge in [0.15, 0.2) is 0 Å². The molecular formula is C12H13N5. The monoisotopic (exact) mass is 227 g/mol. The van der Waals surface area contributed by atoms with Crippen molar-refractivity contribution in [2.75, 3.05) is 11.9 Å². The first-order chi connectivity index (χ1) is 8.28. The van der Waals surface area contributed by atoms with E-state index in [0.29, 0.717) is 5.69 Å². The van der Waals surface area contributed by atoms with Gasteiger partial charge in [-0.1, -0.05) is 6.07 Å². The van der Waals surface area contributed by atoms with E-state index in [1.165, 1.54) is 0 Å². The van der Waals surface area contributed by atoms with Crippen LogP contribution in [0.15, 0.2) is 30.5 Å². The maximum Gasteiger partial charge on any atom is 0.142 e. The Morgan fingerprint density at radius 3 is 3.00 bits per heavy atom. The van der Waals surface area contributed by atoms with Crippen molar-refractivity contribution in [1.29, 1.82) is 5.26 Å². The van der Waals surface area contributed by atoms with Gasteiger partial charge < -0.3 is 5.32 Å². The van der Waals surface area contributed by atoms with Gasteiger partial charge in [-0.2, -0.15) is 10.4 Å². The molecule has 1 N–H and O–H groups in total. The number of hydrogen-bond donors (Lipinski definition) is 1. The van der Waals surface area contributed by atoms with E-state index < -0.39 is 0 Å². The number of rotatable bonds is 4. The maximum atomic E-state index is 8.72. The molecule has 0 fully saturated rings. The minimum atomic E-state index is 0.424. The zero-order chi connectivity index (χ0) is 12.1. The van der Waals surface area contributed by atoms with Crippen molar-refractivity contribution in [2.45, 2.75) is 6.42 Å². The van der Waals surface area contributed by atoms with Crippen molar-refractivity contribution in [3.05, 3.63) is 41.9 Å². The van der Waals surface area contributed by atoms with Crippen LogP contribution in [0.1, 0.15) is 11.4 Å². The van der Waals surface area contributed by atoms with Crippen molar-refractivity contribution in [3.8, 4) is 6.07 Å². The van der Waals surface area contributed by atoms with E-state index in [1.807, 2.05) is 37.5 Å². The van der Waals surface area contributed by atoms with Gasteiger partial charge in [0.1, 0.15) is 17.6 Å². The molecule has 0 aromatic carbocycles. The van der Waals surface area contributed by atoms with Crippen molar-refractivity contribution in [3.63, 3.8) is 0 Å². The Bertz CT molecular complexity index is 538. The molecule has 0 aliphatic carbocycles. The number of pyridine rings is 1. The molecule has 0 amide bonds. The third-order valence-corrected chi connectivity index (χ3v) is 2.32. The van der Waals surface area contributed by atoms with E-state index in [-0.39, 0.29) is 0 Å². The van der Waals surface area contributed by atoms with Crippen molar-refractivity contribution >= 4 is 5.82 Å². The summed E-state index contributed by atoms with van der Waals surface area (Å²) >= 11 is 0. The van der Waals surface area contributed by atoms with Crippen LogP contribution in [0.2, 0.25) is 0 Å². The summed E-state index contributed by atoms with van der Waals surface area (Å²) in [5.74, 6) is 0.722. The first-order valence-corrected chi connectivity index (χ1v) is 5.37. The first-order valence-electron chi connectivity index (χ1n) is 5.37. The molecule has 0 unspecified atom stereocenters. The van der Waals surface area contributed by atoms with Gasteiger partial charge in [-0.25, -0.2) is 4.98 Å². The summed E-state index contributed by atoms with van der Waals surface area (Å²) in [5.41, 5.74) is 1.46. The quantitative estimate of drug-likeness (QED) is 0.856. The number of nitrogens with one attached hydrogen (secondary N) is 1. The third-order valence-electron chi connectivity index (χ3n) is 2.32.